The van der Waals surface area contributed by atoms with Crippen molar-refractivity contribution in [3.8, 4) is 0 Å². The highest BCUT2D eigenvalue weighted by Crippen LogP contribution is 2.42. The zero-order chi connectivity index (χ0) is 19.2. The summed E-state index contributed by atoms with van der Waals surface area (Å²) in [5.74, 6) is -0.445. The van der Waals surface area contributed by atoms with Gasteiger partial charge in [-0.1, -0.05) is 29.3 Å². The first-order valence-electron chi connectivity index (χ1n) is 8.51. The van der Waals surface area contributed by atoms with Crippen molar-refractivity contribution < 1.29 is 9.13 Å². The predicted octanol–water partition coefficient (Wildman–Crippen LogP) is 4.71. The van der Waals surface area contributed by atoms with Gasteiger partial charge < -0.3 is 14.6 Å². The summed E-state index contributed by atoms with van der Waals surface area (Å²) in [5, 5.41) is 5.24. The topological polar surface area (TPSA) is 43.3 Å². The molecule has 0 aliphatic carbocycles. The summed E-state index contributed by atoms with van der Waals surface area (Å²) in [6.07, 6.45) is 2.25. The fourth-order valence-electron chi connectivity index (χ4n) is 3.58. The van der Waals surface area contributed by atoms with E-state index in [4.69, 9.17) is 27.9 Å². The second kappa shape index (κ2) is 6.82. The van der Waals surface area contributed by atoms with Gasteiger partial charge in [-0.25, -0.2) is 4.39 Å². The molecule has 0 saturated carbocycles. The Labute approximate surface area is 165 Å². The van der Waals surface area contributed by atoms with Gasteiger partial charge in [-0.2, -0.15) is 0 Å². The van der Waals surface area contributed by atoms with E-state index in [2.05, 4.69) is 5.32 Å². The number of aromatic nitrogens is 1. The SMILES string of the molecule is Cn1ccc2ccc(N[C@@]3(c4c(F)ccc(Cl)c4Cl)CCOC3)cc2c1=O. The average molecular weight is 407 g/mol. The van der Waals surface area contributed by atoms with Crippen LogP contribution in [0.5, 0.6) is 0 Å². The maximum absolute atomic E-state index is 14.7. The first-order chi connectivity index (χ1) is 12.9. The summed E-state index contributed by atoms with van der Waals surface area (Å²) in [4.78, 5) is 12.4. The molecule has 140 valence electrons. The Bertz CT molecular complexity index is 1090. The molecule has 7 heteroatoms. The fourth-order valence-corrected chi connectivity index (χ4v) is 4.07. The van der Waals surface area contributed by atoms with Crippen molar-refractivity contribution in [1.29, 1.82) is 0 Å². The second-order valence-corrected chi connectivity index (χ2v) is 7.55. The van der Waals surface area contributed by atoms with Gasteiger partial charge in [0.1, 0.15) is 5.82 Å². The highest BCUT2D eigenvalue weighted by atomic mass is 35.5. The minimum Gasteiger partial charge on any atom is -0.379 e. The van der Waals surface area contributed by atoms with Gasteiger partial charge in [-0.15, -0.1) is 0 Å². The van der Waals surface area contributed by atoms with Crippen LogP contribution in [0.3, 0.4) is 0 Å². The standard InChI is InChI=1S/C20H17Cl2FN2O2/c1-25-8-6-12-2-3-13(10-14(12)19(25)26)24-20(7-9-27-11-20)17-16(23)5-4-15(21)18(17)22/h2-6,8,10,24H,7,9,11H2,1H3/t20-/m0/s1. The molecule has 1 aliphatic rings. The number of nitrogens with zero attached hydrogens (tertiary/aromatic N) is 1. The van der Waals surface area contributed by atoms with Crippen molar-refractivity contribution in [1.82, 2.24) is 4.57 Å². The van der Waals surface area contributed by atoms with Crippen LogP contribution in [-0.2, 0) is 17.3 Å². The molecule has 0 spiro atoms. The monoisotopic (exact) mass is 406 g/mol. The highest BCUT2D eigenvalue weighted by Gasteiger charge is 2.41. The van der Waals surface area contributed by atoms with Crippen LogP contribution in [0, 0.1) is 5.82 Å². The number of anilines is 1. The number of hydrogen-bond donors (Lipinski definition) is 1. The summed E-state index contributed by atoms with van der Waals surface area (Å²) < 4.78 is 21.8. The zero-order valence-electron chi connectivity index (χ0n) is 14.6. The van der Waals surface area contributed by atoms with E-state index >= 15 is 0 Å². The van der Waals surface area contributed by atoms with Gasteiger partial charge in [-0.05, 0) is 35.7 Å². The molecule has 1 aliphatic heterocycles. The molecule has 2 aromatic carbocycles. The quantitative estimate of drug-likeness (QED) is 0.640. The Balaban J connectivity index is 1.84. The van der Waals surface area contributed by atoms with Crippen molar-refractivity contribution in [3.63, 3.8) is 0 Å². The molecule has 0 radical (unpaired) electrons. The van der Waals surface area contributed by atoms with Crippen LogP contribution in [0.2, 0.25) is 10.0 Å². The van der Waals surface area contributed by atoms with Gasteiger partial charge >= 0.3 is 0 Å². The molecule has 4 nitrogen and oxygen atoms in total. The Morgan fingerprint density at radius 3 is 2.78 bits per heavy atom. The van der Waals surface area contributed by atoms with Crippen molar-refractivity contribution >= 4 is 39.7 Å². The molecule has 1 N–H and O–H groups in total. The van der Waals surface area contributed by atoms with Gasteiger partial charge in [0, 0.05) is 42.9 Å². The number of aryl methyl sites for hydroxylation is 1. The minimum atomic E-state index is -0.861. The van der Waals surface area contributed by atoms with Crippen molar-refractivity contribution in [3.05, 3.63) is 74.4 Å². The summed E-state index contributed by atoms with van der Waals surface area (Å²) >= 11 is 12.5. The largest absolute Gasteiger partial charge is 0.379 e. The molecule has 0 unspecified atom stereocenters. The summed E-state index contributed by atoms with van der Waals surface area (Å²) in [6.45, 7) is 0.708. The smallest absolute Gasteiger partial charge is 0.258 e. The maximum Gasteiger partial charge on any atom is 0.258 e. The first-order valence-corrected chi connectivity index (χ1v) is 9.26. The average Bonchev–Trinajstić information content (AvgIpc) is 3.11. The Kier molecular flexibility index (Phi) is 4.62. The number of hydrogen-bond acceptors (Lipinski definition) is 3. The van der Waals surface area contributed by atoms with Gasteiger partial charge in [0.2, 0.25) is 0 Å². The molecule has 3 aromatic rings. The van der Waals surface area contributed by atoms with Crippen LogP contribution in [0.15, 0.2) is 47.4 Å². The number of rotatable bonds is 3. The molecule has 0 amide bonds. The third-order valence-electron chi connectivity index (χ3n) is 5.01. The molecule has 0 bridgehead atoms. The summed E-state index contributed by atoms with van der Waals surface area (Å²) in [6, 6.07) is 10.1. The lowest BCUT2D eigenvalue weighted by atomic mass is 9.88. The number of halogens is 3. The van der Waals surface area contributed by atoms with Crippen LogP contribution < -0.4 is 10.9 Å². The van der Waals surface area contributed by atoms with E-state index in [0.717, 1.165) is 5.39 Å². The molecule has 1 atom stereocenters. The van der Waals surface area contributed by atoms with Crippen molar-refractivity contribution in [2.75, 3.05) is 18.5 Å². The zero-order valence-corrected chi connectivity index (χ0v) is 16.1. The van der Waals surface area contributed by atoms with Crippen LogP contribution in [0.25, 0.3) is 10.8 Å². The minimum absolute atomic E-state index is 0.0974. The van der Waals surface area contributed by atoms with E-state index in [1.54, 1.807) is 19.3 Å². The van der Waals surface area contributed by atoms with E-state index in [0.29, 0.717) is 24.1 Å². The predicted molar refractivity (Wildman–Crippen MR) is 106 cm³/mol. The molecule has 1 fully saturated rings. The normalized spacial score (nSPS) is 19.6. The molecular formula is C20H17Cl2FN2O2. The molecular weight excluding hydrogens is 390 g/mol. The van der Waals surface area contributed by atoms with Gasteiger partial charge in [0.25, 0.3) is 5.56 Å². The first kappa shape index (κ1) is 18.3. The fraction of sp³-hybridized carbons (Fsp3) is 0.250. The van der Waals surface area contributed by atoms with Crippen LogP contribution in [0.1, 0.15) is 12.0 Å². The van der Waals surface area contributed by atoms with Gasteiger partial charge in [0.15, 0.2) is 0 Å². The number of nitrogens with one attached hydrogen (secondary N) is 1. The second-order valence-electron chi connectivity index (χ2n) is 6.76. The number of pyridine rings is 1. The van der Waals surface area contributed by atoms with E-state index in [1.807, 2.05) is 18.2 Å². The van der Waals surface area contributed by atoms with Crippen LogP contribution >= 0.6 is 23.2 Å². The van der Waals surface area contributed by atoms with E-state index in [-0.39, 0.29) is 27.8 Å². The Morgan fingerprint density at radius 1 is 1.22 bits per heavy atom. The van der Waals surface area contributed by atoms with Crippen LogP contribution in [0.4, 0.5) is 10.1 Å². The molecule has 27 heavy (non-hydrogen) atoms. The number of benzene rings is 2. The number of fused-ring (bicyclic) bond motifs is 1. The number of ether oxygens (including phenoxy) is 1. The van der Waals surface area contributed by atoms with Gasteiger partial charge in [-0.3, -0.25) is 4.79 Å². The van der Waals surface area contributed by atoms with Gasteiger partial charge in [0.05, 0.1) is 22.2 Å². The third-order valence-corrected chi connectivity index (χ3v) is 5.81. The Morgan fingerprint density at radius 2 is 2.04 bits per heavy atom. The molecule has 1 saturated heterocycles. The molecule has 4 rings (SSSR count). The lowest BCUT2D eigenvalue weighted by molar-refractivity contribution is 0.181. The lowest BCUT2D eigenvalue weighted by Gasteiger charge is -2.32. The lowest BCUT2D eigenvalue weighted by Crippen LogP contribution is -2.37. The summed E-state index contributed by atoms with van der Waals surface area (Å²) in [7, 11) is 1.70. The van der Waals surface area contributed by atoms with E-state index in [9.17, 15) is 9.18 Å². The third kappa shape index (κ3) is 3.10. The van der Waals surface area contributed by atoms with E-state index in [1.165, 1.54) is 16.7 Å². The van der Waals surface area contributed by atoms with Crippen molar-refractivity contribution in [2.45, 2.75) is 12.0 Å². The van der Waals surface area contributed by atoms with E-state index < -0.39 is 11.4 Å². The molecule has 1 aromatic heterocycles. The highest BCUT2D eigenvalue weighted by molar-refractivity contribution is 6.42. The summed E-state index contributed by atoms with van der Waals surface area (Å²) in [5.41, 5.74) is 0.0153. The maximum atomic E-state index is 14.7. The van der Waals surface area contributed by atoms with Crippen LogP contribution in [-0.4, -0.2) is 17.8 Å². The molecule has 2 heterocycles. The Hall–Kier alpha value is -2.08. The van der Waals surface area contributed by atoms with Crippen molar-refractivity contribution in [2.24, 2.45) is 7.05 Å².